The first-order chi connectivity index (χ1) is 17.3. The van der Waals surface area contributed by atoms with Crippen molar-refractivity contribution >= 4 is 17.7 Å². The lowest BCUT2D eigenvalue weighted by Crippen LogP contribution is -2.54. The van der Waals surface area contributed by atoms with Crippen molar-refractivity contribution in [3.63, 3.8) is 0 Å². The summed E-state index contributed by atoms with van der Waals surface area (Å²) in [6.07, 6.45) is 0.766. The van der Waals surface area contributed by atoms with Crippen LogP contribution in [-0.4, -0.2) is 35.3 Å². The van der Waals surface area contributed by atoms with E-state index in [0.29, 0.717) is 12.8 Å². The van der Waals surface area contributed by atoms with E-state index >= 15 is 0 Å². The van der Waals surface area contributed by atoms with E-state index in [2.05, 4.69) is 10.7 Å². The van der Waals surface area contributed by atoms with Gasteiger partial charge in [-0.15, -0.1) is 0 Å². The molecule has 2 N–H and O–H groups in total. The van der Waals surface area contributed by atoms with Gasteiger partial charge in [-0.2, -0.15) is 0 Å². The molecule has 1 heterocycles. The maximum Gasteiger partial charge on any atom is 0.260 e. The zero-order chi connectivity index (χ0) is 25.7. The summed E-state index contributed by atoms with van der Waals surface area (Å²) in [4.78, 5) is 38.8. The first kappa shape index (κ1) is 25.0. The molecule has 0 saturated heterocycles. The standard InChI is InChI=1S/C28H27F2N3O3/c1-18(31-26(34)16-20-13-22(29)17-23(30)14-20)27(35)32-33-12-11-21-9-5-6-10-24(21)25(28(33)36)15-19-7-3-2-4-8-19/h2-10,13-14,17-18,25H,11-12,15-16H2,1H3,(H,31,34)(H,32,35)/t18-,25?/m0/s1. The Morgan fingerprint density at radius 2 is 1.64 bits per heavy atom. The molecule has 1 aliphatic heterocycles. The van der Waals surface area contributed by atoms with Gasteiger partial charge in [0, 0.05) is 12.6 Å². The number of hydrogen-bond donors (Lipinski definition) is 2. The molecule has 3 aromatic carbocycles. The molecule has 186 valence electrons. The van der Waals surface area contributed by atoms with E-state index < -0.39 is 35.4 Å². The molecular formula is C28H27F2N3O3. The largest absolute Gasteiger partial charge is 0.344 e. The third-order valence-electron chi connectivity index (χ3n) is 6.18. The van der Waals surface area contributed by atoms with Gasteiger partial charge in [-0.3, -0.25) is 24.8 Å². The number of benzene rings is 3. The highest BCUT2D eigenvalue weighted by Crippen LogP contribution is 2.29. The minimum Gasteiger partial charge on any atom is -0.344 e. The molecule has 1 aliphatic rings. The predicted octanol–water partition coefficient (Wildman–Crippen LogP) is 3.45. The molecular weight excluding hydrogens is 464 g/mol. The van der Waals surface area contributed by atoms with Crippen molar-refractivity contribution < 1.29 is 23.2 Å². The first-order valence-corrected chi connectivity index (χ1v) is 11.8. The van der Waals surface area contributed by atoms with Crippen LogP contribution in [0, 0.1) is 11.6 Å². The van der Waals surface area contributed by atoms with Gasteiger partial charge in [0.15, 0.2) is 0 Å². The minimum atomic E-state index is -0.970. The lowest BCUT2D eigenvalue weighted by molar-refractivity contribution is -0.143. The fourth-order valence-corrected chi connectivity index (χ4v) is 4.41. The Morgan fingerprint density at radius 1 is 0.972 bits per heavy atom. The maximum atomic E-state index is 13.6. The first-order valence-electron chi connectivity index (χ1n) is 11.8. The normalized spacial score (nSPS) is 16.0. The lowest BCUT2D eigenvalue weighted by atomic mass is 9.88. The molecule has 8 heteroatoms. The second-order valence-corrected chi connectivity index (χ2v) is 8.90. The number of rotatable bonds is 7. The zero-order valence-corrected chi connectivity index (χ0v) is 19.8. The number of nitrogens with zero attached hydrogens (tertiary/aromatic N) is 1. The van der Waals surface area contributed by atoms with E-state index in [9.17, 15) is 23.2 Å². The average Bonchev–Trinajstić information content (AvgIpc) is 2.96. The van der Waals surface area contributed by atoms with E-state index in [1.807, 2.05) is 54.6 Å². The Kier molecular flexibility index (Phi) is 7.73. The zero-order valence-electron chi connectivity index (χ0n) is 19.8. The van der Waals surface area contributed by atoms with Gasteiger partial charge in [-0.1, -0.05) is 54.6 Å². The van der Waals surface area contributed by atoms with Gasteiger partial charge in [-0.25, -0.2) is 8.78 Å². The summed E-state index contributed by atoms with van der Waals surface area (Å²) in [5, 5.41) is 3.84. The fourth-order valence-electron chi connectivity index (χ4n) is 4.41. The second kappa shape index (κ2) is 11.1. The Morgan fingerprint density at radius 3 is 2.36 bits per heavy atom. The smallest absolute Gasteiger partial charge is 0.260 e. The average molecular weight is 492 g/mol. The summed E-state index contributed by atoms with van der Waals surface area (Å²) in [6, 6.07) is 19.3. The van der Waals surface area contributed by atoms with Crippen LogP contribution in [0.15, 0.2) is 72.8 Å². The topological polar surface area (TPSA) is 78.5 Å². The van der Waals surface area contributed by atoms with Crippen LogP contribution in [0.25, 0.3) is 0 Å². The van der Waals surface area contributed by atoms with Crippen LogP contribution in [-0.2, 0) is 33.6 Å². The monoisotopic (exact) mass is 491 g/mol. The van der Waals surface area contributed by atoms with Crippen LogP contribution in [0.2, 0.25) is 0 Å². The highest BCUT2D eigenvalue weighted by atomic mass is 19.1. The summed E-state index contributed by atoms with van der Waals surface area (Å²) in [5.74, 6) is -3.40. The number of carbonyl (C=O) groups excluding carboxylic acids is 3. The van der Waals surface area contributed by atoms with Crippen LogP contribution in [0.1, 0.15) is 35.1 Å². The van der Waals surface area contributed by atoms with Gasteiger partial charge in [0.25, 0.3) is 5.91 Å². The third-order valence-corrected chi connectivity index (χ3v) is 6.18. The van der Waals surface area contributed by atoms with E-state index in [-0.39, 0.29) is 24.4 Å². The summed E-state index contributed by atoms with van der Waals surface area (Å²) in [7, 11) is 0. The Labute approximate surface area is 208 Å². The molecule has 0 aliphatic carbocycles. The van der Waals surface area contributed by atoms with Crippen LogP contribution in [0.5, 0.6) is 0 Å². The van der Waals surface area contributed by atoms with Crippen molar-refractivity contribution in [3.8, 4) is 0 Å². The summed E-state index contributed by atoms with van der Waals surface area (Å²) in [5.41, 5.74) is 5.80. The van der Waals surface area contributed by atoms with Crippen LogP contribution >= 0.6 is 0 Å². The molecule has 0 radical (unpaired) electrons. The van der Waals surface area contributed by atoms with E-state index in [1.165, 1.54) is 11.9 Å². The van der Waals surface area contributed by atoms with Crippen molar-refractivity contribution in [1.29, 1.82) is 0 Å². The van der Waals surface area contributed by atoms with E-state index in [4.69, 9.17) is 0 Å². The predicted molar refractivity (Wildman–Crippen MR) is 131 cm³/mol. The van der Waals surface area contributed by atoms with Crippen LogP contribution in [0.3, 0.4) is 0 Å². The van der Waals surface area contributed by atoms with Gasteiger partial charge in [0.05, 0.1) is 12.3 Å². The fraction of sp³-hybridized carbons (Fsp3) is 0.250. The molecule has 0 bridgehead atoms. The number of carbonyl (C=O) groups is 3. The number of hydrazine groups is 1. The Bertz CT molecular complexity index is 1250. The Balaban J connectivity index is 1.43. The molecule has 36 heavy (non-hydrogen) atoms. The summed E-state index contributed by atoms with van der Waals surface area (Å²) < 4.78 is 26.8. The third kappa shape index (κ3) is 6.13. The molecule has 0 fully saturated rings. The molecule has 4 rings (SSSR count). The number of nitrogens with one attached hydrogen (secondary N) is 2. The van der Waals surface area contributed by atoms with Gasteiger partial charge < -0.3 is 5.32 Å². The SMILES string of the molecule is C[C@H](NC(=O)Cc1cc(F)cc(F)c1)C(=O)NN1CCc2ccccc2C(Cc2ccccc2)C1=O. The van der Waals surface area contributed by atoms with Crippen molar-refractivity contribution in [2.45, 2.75) is 38.1 Å². The number of hydrogen-bond acceptors (Lipinski definition) is 3. The lowest BCUT2D eigenvalue weighted by Gasteiger charge is -2.27. The van der Waals surface area contributed by atoms with E-state index in [1.54, 1.807) is 0 Å². The van der Waals surface area contributed by atoms with Gasteiger partial charge in [0.2, 0.25) is 11.8 Å². The number of halogens is 2. The highest BCUT2D eigenvalue weighted by Gasteiger charge is 2.32. The molecule has 2 atom stereocenters. The van der Waals surface area contributed by atoms with Crippen LogP contribution in [0.4, 0.5) is 8.78 Å². The molecule has 3 amide bonds. The van der Waals surface area contributed by atoms with Crippen molar-refractivity contribution in [2.24, 2.45) is 0 Å². The molecule has 0 saturated carbocycles. The second-order valence-electron chi connectivity index (χ2n) is 8.90. The Hall–Kier alpha value is -4.07. The number of fused-ring (bicyclic) bond motifs is 1. The quantitative estimate of drug-likeness (QED) is 0.532. The van der Waals surface area contributed by atoms with Gasteiger partial charge in [0.1, 0.15) is 17.7 Å². The number of amides is 3. The molecule has 6 nitrogen and oxygen atoms in total. The summed E-state index contributed by atoms with van der Waals surface area (Å²) in [6.45, 7) is 1.77. The van der Waals surface area contributed by atoms with Gasteiger partial charge in [-0.05, 0) is 54.2 Å². The minimum absolute atomic E-state index is 0.154. The highest BCUT2D eigenvalue weighted by molar-refractivity contribution is 5.91. The molecule has 0 aromatic heterocycles. The molecule has 3 aromatic rings. The van der Waals surface area contributed by atoms with Gasteiger partial charge >= 0.3 is 0 Å². The van der Waals surface area contributed by atoms with Crippen molar-refractivity contribution in [3.05, 3.63) is 107 Å². The molecule has 1 unspecified atom stereocenters. The molecule has 0 spiro atoms. The van der Waals surface area contributed by atoms with Crippen molar-refractivity contribution in [1.82, 2.24) is 15.8 Å². The van der Waals surface area contributed by atoms with Crippen molar-refractivity contribution in [2.75, 3.05) is 6.54 Å². The van der Waals surface area contributed by atoms with E-state index in [0.717, 1.165) is 34.9 Å². The summed E-state index contributed by atoms with van der Waals surface area (Å²) >= 11 is 0. The maximum absolute atomic E-state index is 13.6. The van der Waals surface area contributed by atoms with Crippen LogP contribution < -0.4 is 10.7 Å².